The molecule has 0 aliphatic heterocycles. The third kappa shape index (κ3) is 2.72. The summed E-state index contributed by atoms with van der Waals surface area (Å²) in [6.45, 7) is 2.31. The Bertz CT molecular complexity index is 596. The van der Waals surface area contributed by atoms with Crippen LogP contribution in [-0.2, 0) is 0 Å². The Balaban J connectivity index is 1.70. The summed E-state index contributed by atoms with van der Waals surface area (Å²) in [5.74, 6) is 0.835. The first-order valence-corrected chi connectivity index (χ1v) is 6.85. The largest absolute Gasteiger partial charge is 0.382 e. The summed E-state index contributed by atoms with van der Waals surface area (Å²) in [5, 5.41) is 8.99. The van der Waals surface area contributed by atoms with Gasteiger partial charge in [0.2, 0.25) is 0 Å². The normalized spacial score (nSPS) is 22.6. The predicted octanol–water partition coefficient (Wildman–Crippen LogP) is 2.97. The third-order valence-corrected chi connectivity index (χ3v) is 3.86. The van der Waals surface area contributed by atoms with Gasteiger partial charge in [-0.3, -0.25) is 15.0 Å². The molecule has 4 nitrogen and oxygen atoms in total. The quantitative estimate of drug-likeness (QED) is 0.791. The van der Waals surface area contributed by atoms with Crippen LogP contribution >= 0.6 is 0 Å². The highest BCUT2D eigenvalue weighted by Crippen LogP contribution is 2.28. The molecule has 1 aromatic heterocycles. The zero-order valence-corrected chi connectivity index (χ0v) is 11.1. The number of nitrogens with one attached hydrogen (secondary N) is 3. The van der Waals surface area contributed by atoms with Gasteiger partial charge in [0.15, 0.2) is 0 Å². The van der Waals surface area contributed by atoms with Crippen molar-refractivity contribution in [1.29, 1.82) is 0 Å². The Morgan fingerprint density at radius 2 is 1.95 bits per heavy atom. The number of H-pyrrole nitrogens is 2. The lowest BCUT2D eigenvalue weighted by Gasteiger charge is -2.14. The summed E-state index contributed by atoms with van der Waals surface area (Å²) in [5.41, 5.74) is 2.90. The number of aromatic amines is 2. The van der Waals surface area contributed by atoms with Gasteiger partial charge in [-0.15, -0.1) is 0 Å². The van der Waals surface area contributed by atoms with E-state index in [1.54, 1.807) is 6.07 Å². The summed E-state index contributed by atoms with van der Waals surface area (Å²) in [7, 11) is 0. The van der Waals surface area contributed by atoms with E-state index in [4.69, 9.17) is 0 Å². The minimum Gasteiger partial charge on any atom is -0.382 e. The maximum absolute atomic E-state index is 11.1. The van der Waals surface area contributed by atoms with Gasteiger partial charge in [-0.1, -0.05) is 19.1 Å². The summed E-state index contributed by atoms with van der Waals surface area (Å²) in [6, 6.07) is 10.4. The lowest BCUT2D eigenvalue weighted by molar-refractivity contribution is 0.602. The Morgan fingerprint density at radius 1 is 1.16 bits per heavy atom. The fourth-order valence-corrected chi connectivity index (χ4v) is 2.81. The Kier molecular flexibility index (Phi) is 3.15. The molecule has 1 aliphatic rings. The van der Waals surface area contributed by atoms with Crippen LogP contribution in [0.5, 0.6) is 0 Å². The number of anilines is 1. The van der Waals surface area contributed by atoms with E-state index in [2.05, 4.69) is 34.6 Å². The Morgan fingerprint density at radius 3 is 2.53 bits per heavy atom. The number of hydrogen-bond donors (Lipinski definition) is 3. The van der Waals surface area contributed by atoms with Crippen molar-refractivity contribution >= 4 is 5.69 Å². The minimum absolute atomic E-state index is 0.0999. The molecule has 1 fully saturated rings. The van der Waals surface area contributed by atoms with Gasteiger partial charge in [0.05, 0.1) is 5.69 Å². The molecular weight excluding hydrogens is 238 g/mol. The van der Waals surface area contributed by atoms with E-state index < -0.39 is 0 Å². The molecule has 2 atom stereocenters. The van der Waals surface area contributed by atoms with E-state index in [-0.39, 0.29) is 5.56 Å². The molecule has 0 saturated heterocycles. The van der Waals surface area contributed by atoms with Gasteiger partial charge in [-0.25, -0.2) is 0 Å². The van der Waals surface area contributed by atoms with E-state index in [1.807, 2.05) is 12.1 Å². The maximum Gasteiger partial charge on any atom is 0.264 e. The van der Waals surface area contributed by atoms with Crippen LogP contribution in [0.15, 0.2) is 35.1 Å². The van der Waals surface area contributed by atoms with Crippen molar-refractivity contribution in [3.8, 4) is 11.3 Å². The lowest BCUT2D eigenvalue weighted by Crippen LogP contribution is -2.14. The zero-order chi connectivity index (χ0) is 13.2. The standard InChI is InChI=1S/C15H19N3O/c1-10-2-5-13(8-10)16-12-6-3-11(4-7-12)14-9-15(19)18-17-14/h3-4,6-7,9-10,13,16H,2,5,8H2,1H3,(H2,17,18,19). The van der Waals surface area contributed by atoms with Gasteiger partial charge in [-0.2, -0.15) is 0 Å². The van der Waals surface area contributed by atoms with Crippen LogP contribution in [0.1, 0.15) is 26.2 Å². The summed E-state index contributed by atoms with van der Waals surface area (Å²) >= 11 is 0. The number of benzene rings is 1. The van der Waals surface area contributed by atoms with Crippen molar-refractivity contribution in [2.24, 2.45) is 5.92 Å². The van der Waals surface area contributed by atoms with Gasteiger partial charge in [-0.05, 0) is 42.9 Å². The molecule has 1 aromatic carbocycles. The molecule has 1 saturated carbocycles. The molecule has 1 aliphatic carbocycles. The second kappa shape index (κ2) is 4.96. The molecule has 0 radical (unpaired) electrons. The summed E-state index contributed by atoms with van der Waals surface area (Å²) in [4.78, 5) is 11.1. The van der Waals surface area contributed by atoms with Crippen LogP contribution in [-0.4, -0.2) is 16.2 Å². The predicted molar refractivity (Wildman–Crippen MR) is 77.3 cm³/mol. The Hall–Kier alpha value is -1.97. The molecule has 1 heterocycles. The average molecular weight is 257 g/mol. The molecule has 100 valence electrons. The van der Waals surface area contributed by atoms with Crippen molar-refractivity contribution in [1.82, 2.24) is 10.2 Å². The lowest BCUT2D eigenvalue weighted by atomic mass is 10.1. The van der Waals surface area contributed by atoms with Gasteiger partial charge < -0.3 is 5.32 Å². The van der Waals surface area contributed by atoms with E-state index in [0.717, 1.165) is 22.9 Å². The van der Waals surface area contributed by atoms with Crippen molar-refractivity contribution < 1.29 is 0 Å². The smallest absolute Gasteiger partial charge is 0.264 e. The van der Waals surface area contributed by atoms with Gasteiger partial charge >= 0.3 is 0 Å². The summed E-state index contributed by atoms with van der Waals surface area (Å²) < 4.78 is 0. The van der Waals surface area contributed by atoms with Crippen LogP contribution in [0, 0.1) is 5.92 Å². The molecule has 0 amide bonds. The molecule has 0 bridgehead atoms. The highest BCUT2D eigenvalue weighted by atomic mass is 16.1. The first kappa shape index (κ1) is 12.1. The van der Waals surface area contributed by atoms with Crippen LogP contribution in [0.4, 0.5) is 5.69 Å². The number of rotatable bonds is 3. The molecule has 3 rings (SSSR count). The molecule has 19 heavy (non-hydrogen) atoms. The van der Waals surface area contributed by atoms with Crippen LogP contribution in [0.25, 0.3) is 11.3 Å². The fourth-order valence-electron chi connectivity index (χ4n) is 2.81. The topological polar surface area (TPSA) is 60.7 Å². The van der Waals surface area contributed by atoms with E-state index >= 15 is 0 Å². The van der Waals surface area contributed by atoms with Crippen LogP contribution < -0.4 is 10.9 Å². The van der Waals surface area contributed by atoms with Crippen LogP contribution in [0.2, 0.25) is 0 Å². The number of hydrogen-bond acceptors (Lipinski definition) is 2. The second-order valence-electron chi connectivity index (χ2n) is 5.51. The SMILES string of the molecule is CC1CCC(Nc2ccc(-c3cc(=O)[nH][nH]3)cc2)C1. The summed E-state index contributed by atoms with van der Waals surface area (Å²) in [6.07, 6.45) is 3.83. The molecular formula is C15H19N3O. The third-order valence-electron chi connectivity index (χ3n) is 3.86. The van der Waals surface area contributed by atoms with Gasteiger partial charge in [0.25, 0.3) is 5.56 Å². The molecule has 2 aromatic rings. The monoisotopic (exact) mass is 257 g/mol. The first-order valence-electron chi connectivity index (χ1n) is 6.85. The van der Waals surface area contributed by atoms with Gasteiger partial charge in [0.1, 0.15) is 0 Å². The first-order chi connectivity index (χ1) is 9.20. The van der Waals surface area contributed by atoms with E-state index in [1.165, 1.54) is 19.3 Å². The minimum atomic E-state index is -0.0999. The molecule has 4 heteroatoms. The van der Waals surface area contributed by atoms with E-state index in [9.17, 15) is 4.79 Å². The fraction of sp³-hybridized carbons (Fsp3) is 0.400. The average Bonchev–Trinajstić information content (AvgIpc) is 3.00. The van der Waals surface area contributed by atoms with Crippen LogP contribution in [0.3, 0.4) is 0 Å². The van der Waals surface area contributed by atoms with Gasteiger partial charge in [0, 0.05) is 17.8 Å². The van der Waals surface area contributed by atoms with Crippen molar-refractivity contribution in [3.63, 3.8) is 0 Å². The molecule has 0 spiro atoms. The van der Waals surface area contributed by atoms with E-state index in [0.29, 0.717) is 6.04 Å². The zero-order valence-electron chi connectivity index (χ0n) is 11.1. The van der Waals surface area contributed by atoms with Crippen molar-refractivity contribution in [2.45, 2.75) is 32.2 Å². The molecule has 3 N–H and O–H groups in total. The second-order valence-corrected chi connectivity index (χ2v) is 5.51. The highest BCUT2D eigenvalue weighted by Gasteiger charge is 2.20. The number of aromatic nitrogens is 2. The Labute approximate surface area is 112 Å². The van der Waals surface area contributed by atoms with Crippen molar-refractivity contribution in [3.05, 3.63) is 40.7 Å². The molecule has 2 unspecified atom stereocenters. The maximum atomic E-state index is 11.1. The highest BCUT2D eigenvalue weighted by molar-refractivity contribution is 5.62. The van der Waals surface area contributed by atoms with Crippen molar-refractivity contribution in [2.75, 3.05) is 5.32 Å².